The van der Waals surface area contributed by atoms with E-state index in [9.17, 15) is 5.11 Å². The predicted octanol–water partition coefficient (Wildman–Crippen LogP) is 2.80. The summed E-state index contributed by atoms with van der Waals surface area (Å²) in [6, 6.07) is 0. The highest BCUT2D eigenvalue weighted by Crippen LogP contribution is 2.47. The van der Waals surface area contributed by atoms with E-state index in [1.165, 1.54) is 11.1 Å². The fraction of sp³-hybridized carbons (Fsp3) is 0.467. The van der Waals surface area contributed by atoms with Gasteiger partial charge in [-0.25, -0.2) is 0 Å². The van der Waals surface area contributed by atoms with Gasteiger partial charge in [-0.2, -0.15) is 0 Å². The fourth-order valence-electron chi connectivity index (χ4n) is 3.25. The van der Waals surface area contributed by atoms with E-state index in [1.807, 2.05) is 6.26 Å². The van der Waals surface area contributed by atoms with Crippen molar-refractivity contribution in [3.63, 3.8) is 0 Å². The molecule has 17 heavy (non-hydrogen) atoms. The Labute approximate surface area is 102 Å². The Morgan fingerprint density at radius 1 is 1.53 bits per heavy atom. The van der Waals surface area contributed by atoms with E-state index in [1.54, 1.807) is 0 Å². The minimum Gasteiger partial charge on any atom is -0.469 e. The van der Waals surface area contributed by atoms with Crippen LogP contribution >= 0.6 is 0 Å². The van der Waals surface area contributed by atoms with E-state index in [4.69, 9.17) is 4.42 Å². The molecule has 1 heterocycles. The monoisotopic (exact) mass is 230 g/mol. The third-order valence-corrected chi connectivity index (χ3v) is 4.35. The number of allylic oxidation sites excluding steroid dienone is 3. The van der Waals surface area contributed by atoms with Crippen LogP contribution in [0.4, 0.5) is 0 Å². The second kappa shape index (κ2) is 3.61. The fourth-order valence-corrected chi connectivity index (χ4v) is 3.25. The van der Waals surface area contributed by atoms with Crippen LogP contribution < -0.4 is 0 Å². The highest BCUT2D eigenvalue weighted by atomic mass is 16.3. The number of rotatable bonds is 1. The molecule has 0 radical (unpaired) electrons. The minimum atomic E-state index is 0.101. The van der Waals surface area contributed by atoms with E-state index in [2.05, 4.69) is 32.1 Å². The third-order valence-electron chi connectivity index (χ3n) is 4.35. The van der Waals surface area contributed by atoms with E-state index >= 15 is 0 Å². The van der Waals surface area contributed by atoms with Crippen LogP contribution in [-0.4, -0.2) is 11.7 Å². The van der Waals surface area contributed by atoms with Gasteiger partial charge >= 0.3 is 0 Å². The Bertz CT molecular complexity index is 507. The molecule has 0 bridgehead atoms. The van der Waals surface area contributed by atoms with Gasteiger partial charge in [-0.1, -0.05) is 25.2 Å². The quantitative estimate of drug-likeness (QED) is 0.804. The van der Waals surface area contributed by atoms with Gasteiger partial charge in [0.1, 0.15) is 5.76 Å². The molecule has 1 N–H and O–H groups in total. The van der Waals surface area contributed by atoms with Gasteiger partial charge in [0.05, 0.1) is 12.9 Å². The van der Waals surface area contributed by atoms with Crippen LogP contribution in [0.5, 0.6) is 0 Å². The summed E-state index contributed by atoms with van der Waals surface area (Å²) in [6.07, 6.45) is 10.2. The highest BCUT2D eigenvalue weighted by molar-refractivity contribution is 5.38. The maximum Gasteiger partial charge on any atom is 0.108 e. The van der Waals surface area contributed by atoms with Gasteiger partial charge in [0.2, 0.25) is 0 Å². The van der Waals surface area contributed by atoms with Gasteiger partial charge < -0.3 is 9.52 Å². The average molecular weight is 230 g/mol. The van der Waals surface area contributed by atoms with Crippen LogP contribution in [0.2, 0.25) is 0 Å². The van der Waals surface area contributed by atoms with Crippen LogP contribution in [-0.2, 0) is 12.8 Å². The Morgan fingerprint density at radius 2 is 2.35 bits per heavy atom. The van der Waals surface area contributed by atoms with Crippen LogP contribution in [0, 0.1) is 18.3 Å². The molecule has 2 aliphatic rings. The van der Waals surface area contributed by atoms with Crippen LogP contribution in [0.15, 0.2) is 34.5 Å². The zero-order valence-corrected chi connectivity index (χ0v) is 10.4. The highest BCUT2D eigenvalue weighted by Gasteiger charge is 2.41. The van der Waals surface area contributed by atoms with Crippen molar-refractivity contribution in [2.75, 3.05) is 6.61 Å². The van der Waals surface area contributed by atoms with Crippen LogP contribution in [0.3, 0.4) is 0 Å². The van der Waals surface area contributed by atoms with Gasteiger partial charge in [-0.3, -0.25) is 0 Å². The second-order valence-corrected chi connectivity index (χ2v) is 5.52. The van der Waals surface area contributed by atoms with Crippen molar-refractivity contribution >= 4 is 0 Å². The standard InChI is InChI=1S/C15H18O2/c1-10-9-17-14-7-15(2)5-3-4-11(8-16)13(15)6-12(10)14/h3-5,9,13,16H,6-8H2,1-2H3/t13-,15-/m1/s1. The first-order valence-electron chi connectivity index (χ1n) is 6.19. The van der Waals surface area contributed by atoms with Crippen LogP contribution in [0.25, 0.3) is 0 Å². The number of aryl methyl sites for hydroxylation is 1. The van der Waals surface area contributed by atoms with E-state index in [0.717, 1.165) is 24.2 Å². The Kier molecular flexibility index (Phi) is 2.30. The largest absolute Gasteiger partial charge is 0.469 e. The van der Waals surface area contributed by atoms with E-state index in [-0.39, 0.29) is 12.0 Å². The Hall–Kier alpha value is -1.28. The van der Waals surface area contributed by atoms with E-state index in [0.29, 0.717) is 5.92 Å². The summed E-state index contributed by atoms with van der Waals surface area (Å²) in [4.78, 5) is 0. The number of fused-ring (bicyclic) bond motifs is 2. The molecule has 0 aliphatic heterocycles. The molecule has 0 saturated carbocycles. The van der Waals surface area contributed by atoms with Crippen molar-refractivity contribution in [3.05, 3.63) is 47.0 Å². The first kappa shape index (κ1) is 10.8. The van der Waals surface area contributed by atoms with Crippen molar-refractivity contribution in [1.29, 1.82) is 0 Å². The molecule has 2 heteroatoms. The molecule has 3 rings (SSSR count). The molecule has 0 unspecified atom stereocenters. The zero-order valence-electron chi connectivity index (χ0n) is 10.4. The molecular weight excluding hydrogens is 212 g/mol. The summed E-state index contributed by atoms with van der Waals surface area (Å²) < 4.78 is 5.65. The topological polar surface area (TPSA) is 33.4 Å². The molecule has 1 aromatic rings. The summed E-state index contributed by atoms with van der Waals surface area (Å²) >= 11 is 0. The lowest BCUT2D eigenvalue weighted by Gasteiger charge is -2.41. The van der Waals surface area contributed by atoms with E-state index < -0.39 is 0 Å². The molecule has 0 saturated heterocycles. The first-order chi connectivity index (χ1) is 8.14. The molecule has 0 fully saturated rings. The number of aliphatic hydroxyl groups excluding tert-OH is 1. The van der Waals surface area contributed by atoms with Gasteiger partial charge in [0.25, 0.3) is 0 Å². The summed E-state index contributed by atoms with van der Waals surface area (Å²) in [5.41, 5.74) is 3.85. The van der Waals surface area contributed by atoms with Gasteiger partial charge in [-0.05, 0) is 41.4 Å². The van der Waals surface area contributed by atoms with Crippen molar-refractivity contribution in [3.8, 4) is 0 Å². The molecule has 2 atom stereocenters. The van der Waals surface area contributed by atoms with Gasteiger partial charge in [-0.15, -0.1) is 0 Å². The molecule has 2 aliphatic carbocycles. The number of hydrogen-bond acceptors (Lipinski definition) is 2. The SMILES string of the molecule is Cc1coc2c1C[C@@H]1C(CO)=CC=C[C@]1(C)C2. The Balaban J connectivity index is 2.06. The number of hydrogen-bond donors (Lipinski definition) is 1. The maximum absolute atomic E-state index is 9.49. The summed E-state index contributed by atoms with van der Waals surface area (Å²) in [5.74, 6) is 1.55. The Morgan fingerprint density at radius 3 is 3.12 bits per heavy atom. The van der Waals surface area contributed by atoms with Crippen LogP contribution in [0.1, 0.15) is 23.8 Å². The molecule has 90 valence electrons. The molecule has 1 aromatic heterocycles. The van der Waals surface area contributed by atoms with Crippen molar-refractivity contribution in [2.45, 2.75) is 26.7 Å². The van der Waals surface area contributed by atoms with Gasteiger partial charge in [0.15, 0.2) is 0 Å². The summed E-state index contributed by atoms with van der Waals surface area (Å²) in [7, 11) is 0. The lowest BCUT2D eigenvalue weighted by molar-refractivity contribution is 0.214. The van der Waals surface area contributed by atoms with Crippen molar-refractivity contribution in [1.82, 2.24) is 0 Å². The molecule has 0 spiro atoms. The molecule has 0 amide bonds. The number of furan rings is 1. The minimum absolute atomic E-state index is 0.101. The summed E-state index contributed by atoms with van der Waals surface area (Å²) in [6.45, 7) is 4.53. The lowest BCUT2D eigenvalue weighted by atomic mass is 9.62. The third kappa shape index (κ3) is 1.51. The maximum atomic E-state index is 9.49. The smallest absolute Gasteiger partial charge is 0.108 e. The average Bonchev–Trinajstić information content (AvgIpc) is 2.66. The van der Waals surface area contributed by atoms with Gasteiger partial charge in [0, 0.05) is 6.42 Å². The lowest BCUT2D eigenvalue weighted by Crippen LogP contribution is -2.37. The van der Waals surface area contributed by atoms with Crippen molar-refractivity contribution in [2.24, 2.45) is 11.3 Å². The van der Waals surface area contributed by atoms with Crippen molar-refractivity contribution < 1.29 is 9.52 Å². The number of aliphatic hydroxyl groups is 1. The molecule has 2 nitrogen and oxygen atoms in total. The molecule has 0 aromatic carbocycles. The summed E-state index contributed by atoms with van der Waals surface area (Å²) in [5, 5.41) is 9.49. The normalized spacial score (nSPS) is 30.8. The predicted molar refractivity (Wildman–Crippen MR) is 66.8 cm³/mol. The second-order valence-electron chi connectivity index (χ2n) is 5.52. The first-order valence-corrected chi connectivity index (χ1v) is 6.19. The zero-order chi connectivity index (χ0) is 12.0. The molecular formula is C15H18O2.